The molecule has 2 aromatic heterocycles. The van der Waals surface area contributed by atoms with E-state index in [1.165, 1.54) is 72.0 Å². The number of rotatable bonds is 3. The molecule has 1 aliphatic rings. The van der Waals surface area contributed by atoms with Crippen molar-refractivity contribution in [3.05, 3.63) is 145 Å². The Hall–Kier alpha value is -4.95. The number of aromatic nitrogens is 2. The maximum Gasteiger partial charge on any atom is 0.0541 e. The third-order valence-electron chi connectivity index (χ3n) is 7.91. The zero-order chi connectivity index (χ0) is 25.1. The number of hydrogen-bond acceptors (Lipinski definition) is 1. The Labute approximate surface area is 221 Å². The summed E-state index contributed by atoms with van der Waals surface area (Å²) in [6.45, 7) is 0. The van der Waals surface area contributed by atoms with Crippen LogP contribution in [0.4, 0.5) is 0 Å². The maximum atomic E-state index is 4.38. The van der Waals surface area contributed by atoms with Gasteiger partial charge in [-0.15, -0.1) is 0 Å². The molecule has 5 aromatic carbocycles. The van der Waals surface area contributed by atoms with Gasteiger partial charge in [-0.2, -0.15) is 0 Å². The van der Waals surface area contributed by atoms with Crippen LogP contribution in [-0.4, -0.2) is 9.55 Å². The largest absolute Gasteiger partial charge is 0.309 e. The number of pyridine rings is 1. The second-order valence-corrected chi connectivity index (χ2v) is 10.1. The first-order valence-electron chi connectivity index (χ1n) is 13.1. The van der Waals surface area contributed by atoms with E-state index in [0.29, 0.717) is 0 Å². The van der Waals surface area contributed by atoms with Crippen molar-refractivity contribution in [3.8, 4) is 39.1 Å². The summed E-state index contributed by atoms with van der Waals surface area (Å²) in [5.74, 6) is 0. The fraction of sp³-hybridized carbons (Fsp3) is 0.0278. The summed E-state index contributed by atoms with van der Waals surface area (Å²) in [6.07, 6.45) is 4.88. The van der Waals surface area contributed by atoms with E-state index in [-0.39, 0.29) is 0 Å². The Morgan fingerprint density at radius 2 is 1.13 bits per heavy atom. The molecule has 2 heterocycles. The molecule has 0 radical (unpaired) electrons. The molecule has 0 atom stereocenters. The van der Waals surface area contributed by atoms with Crippen LogP contribution in [0.25, 0.3) is 60.9 Å². The molecule has 0 amide bonds. The lowest BCUT2D eigenvalue weighted by Crippen LogP contribution is -1.94. The first-order valence-corrected chi connectivity index (χ1v) is 13.1. The molecular formula is C36H24N2. The van der Waals surface area contributed by atoms with Gasteiger partial charge in [0, 0.05) is 34.4 Å². The molecule has 38 heavy (non-hydrogen) atoms. The normalized spacial score (nSPS) is 12.1. The SMILES string of the molecule is c1cc(-c2cccc(-n3c4ccccc4c4ccccc43)c2)cc(-c2ccc3c(c2)-c2cnccc2C3)c1. The van der Waals surface area contributed by atoms with Gasteiger partial charge in [-0.3, -0.25) is 4.98 Å². The summed E-state index contributed by atoms with van der Waals surface area (Å²) in [5, 5.41) is 2.56. The highest BCUT2D eigenvalue weighted by Crippen LogP contribution is 2.39. The third-order valence-corrected chi connectivity index (χ3v) is 7.91. The Balaban J connectivity index is 1.23. The third kappa shape index (κ3) is 3.24. The highest BCUT2D eigenvalue weighted by Gasteiger charge is 2.19. The average molecular weight is 485 g/mol. The predicted molar refractivity (Wildman–Crippen MR) is 158 cm³/mol. The van der Waals surface area contributed by atoms with Gasteiger partial charge in [0.1, 0.15) is 0 Å². The maximum absolute atomic E-state index is 4.38. The number of fused-ring (bicyclic) bond motifs is 6. The van der Waals surface area contributed by atoms with Gasteiger partial charge < -0.3 is 4.57 Å². The van der Waals surface area contributed by atoms with E-state index in [1.807, 2.05) is 12.4 Å². The predicted octanol–water partition coefficient (Wildman–Crippen LogP) is 9.08. The van der Waals surface area contributed by atoms with Crippen molar-refractivity contribution in [2.45, 2.75) is 6.42 Å². The first-order chi connectivity index (χ1) is 18.8. The van der Waals surface area contributed by atoms with Crippen LogP contribution in [0.15, 0.2) is 134 Å². The summed E-state index contributed by atoms with van der Waals surface area (Å²) in [4.78, 5) is 4.38. The van der Waals surface area contributed by atoms with Crippen molar-refractivity contribution in [3.63, 3.8) is 0 Å². The highest BCUT2D eigenvalue weighted by atomic mass is 15.0. The van der Waals surface area contributed by atoms with Crippen molar-refractivity contribution < 1.29 is 0 Å². The van der Waals surface area contributed by atoms with Crippen LogP contribution in [0.1, 0.15) is 11.1 Å². The van der Waals surface area contributed by atoms with E-state index in [0.717, 1.165) is 6.42 Å². The van der Waals surface area contributed by atoms with Crippen molar-refractivity contribution in [1.29, 1.82) is 0 Å². The fourth-order valence-corrected chi connectivity index (χ4v) is 6.09. The molecule has 178 valence electrons. The Kier molecular flexibility index (Phi) is 4.62. The molecule has 0 spiro atoms. The van der Waals surface area contributed by atoms with Crippen LogP contribution in [0.3, 0.4) is 0 Å². The van der Waals surface area contributed by atoms with E-state index >= 15 is 0 Å². The molecule has 2 heteroatoms. The summed E-state index contributed by atoms with van der Waals surface area (Å²) in [5.41, 5.74) is 13.8. The molecule has 0 saturated heterocycles. The monoisotopic (exact) mass is 484 g/mol. The highest BCUT2D eigenvalue weighted by molar-refractivity contribution is 6.09. The molecule has 1 aliphatic carbocycles. The van der Waals surface area contributed by atoms with Crippen molar-refractivity contribution in [2.75, 3.05) is 0 Å². The minimum atomic E-state index is 0.989. The topological polar surface area (TPSA) is 17.8 Å². The molecule has 0 bridgehead atoms. The van der Waals surface area contributed by atoms with Gasteiger partial charge in [0.25, 0.3) is 0 Å². The molecular weight excluding hydrogens is 460 g/mol. The van der Waals surface area contributed by atoms with E-state index in [9.17, 15) is 0 Å². The van der Waals surface area contributed by atoms with Crippen molar-refractivity contribution in [2.24, 2.45) is 0 Å². The summed E-state index contributed by atoms with van der Waals surface area (Å²) in [6, 6.07) is 44.1. The van der Waals surface area contributed by atoms with Gasteiger partial charge in [0.15, 0.2) is 0 Å². The van der Waals surface area contributed by atoms with Crippen LogP contribution in [0, 0.1) is 0 Å². The number of hydrogen-bond donors (Lipinski definition) is 0. The van der Waals surface area contributed by atoms with E-state index in [1.54, 1.807) is 0 Å². The van der Waals surface area contributed by atoms with Crippen LogP contribution < -0.4 is 0 Å². The lowest BCUT2D eigenvalue weighted by molar-refractivity contribution is 1.18. The molecule has 0 unspecified atom stereocenters. The van der Waals surface area contributed by atoms with E-state index < -0.39 is 0 Å². The zero-order valence-electron chi connectivity index (χ0n) is 20.8. The van der Waals surface area contributed by atoms with Gasteiger partial charge in [-0.25, -0.2) is 0 Å². The lowest BCUT2D eigenvalue weighted by Gasteiger charge is -2.12. The van der Waals surface area contributed by atoms with Gasteiger partial charge >= 0.3 is 0 Å². The lowest BCUT2D eigenvalue weighted by atomic mass is 9.96. The molecule has 0 aliphatic heterocycles. The van der Waals surface area contributed by atoms with E-state index in [2.05, 4.69) is 131 Å². The smallest absolute Gasteiger partial charge is 0.0541 e. The minimum Gasteiger partial charge on any atom is -0.309 e. The molecule has 0 saturated carbocycles. The molecule has 0 fully saturated rings. The standard InChI is InChI=1S/C36H24N2/c1-3-13-35-31(11-1)32-12-2-4-14-36(32)38(35)30-10-6-9-26(21-30)24-7-5-8-25(19-24)27-15-16-28-20-29-17-18-37-23-34(29)33(28)22-27/h1-19,21-23H,20H2. The molecule has 0 N–H and O–H groups in total. The van der Waals surface area contributed by atoms with Crippen molar-refractivity contribution >= 4 is 21.8 Å². The summed E-state index contributed by atoms with van der Waals surface area (Å²) >= 11 is 0. The average Bonchev–Trinajstić information content (AvgIpc) is 3.53. The zero-order valence-corrected chi connectivity index (χ0v) is 20.8. The number of nitrogens with zero attached hydrogens (tertiary/aromatic N) is 2. The van der Waals surface area contributed by atoms with Gasteiger partial charge in [0.2, 0.25) is 0 Å². The van der Waals surface area contributed by atoms with Crippen LogP contribution in [0.2, 0.25) is 0 Å². The number of para-hydroxylation sites is 2. The first kappa shape index (κ1) is 21.2. The number of benzene rings is 5. The van der Waals surface area contributed by atoms with E-state index in [4.69, 9.17) is 0 Å². The van der Waals surface area contributed by atoms with Gasteiger partial charge in [-0.05, 0) is 87.8 Å². The summed E-state index contributed by atoms with van der Waals surface area (Å²) in [7, 11) is 0. The van der Waals surface area contributed by atoms with Crippen LogP contribution in [0.5, 0.6) is 0 Å². The van der Waals surface area contributed by atoms with Gasteiger partial charge in [-0.1, -0.05) is 78.9 Å². The molecule has 8 rings (SSSR count). The van der Waals surface area contributed by atoms with Gasteiger partial charge in [0.05, 0.1) is 11.0 Å². The summed E-state index contributed by atoms with van der Waals surface area (Å²) < 4.78 is 2.38. The molecule has 7 aromatic rings. The second-order valence-electron chi connectivity index (χ2n) is 10.1. The quantitative estimate of drug-likeness (QED) is 0.244. The Morgan fingerprint density at radius 3 is 1.89 bits per heavy atom. The van der Waals surface area contributed by atoms with Crippen LogP contribution in [-0.2, 0) is 6.42 Å². The van der Waals surface area contributed by atoms with Crippen molar-refractivity contribution in [1.82, 2.24) is 9.55 Å². The van der Waals surface area contributed by atoms with Crippen LogP contribution >= 0.6 is 0 Å². The second kappa shape index (κ2) is 8.29. The fourth-order valence-electron chi connectivity index (χ4n) is 6.09. The Morgan fingerprint density at radius 1 is 0.500 bits per heavy atom. The molecule has 2 nitrogen and oxygen atoms in total. The Bertz CT molecular complexity index is 1960. The minimum absolute atomic E-state index is 0.989.